The molecule has 0 saturated heterocycles. The molecule has 140 valence electrons. The Kier molecular flexibility index (Phi) is 7.49. The van der Waals surface area contributed by atoms with Crippen molar-refractivity contribution in [2.24, 2.45) is 5.73 Å². The van der Waals surface area contributed by atoms with E-state index in [-0.39, 0.29) is 30.4 Å². The summed E-state index contributed by atoms with van der Waals surface area (Å²) in [6, 6.07) is 16.0. The molecule has 3 rings (SSSR count). The number of halogens is 1. The Morgan fingerprint density at radius 2 is 1.73 bits per heavy atom. The molecule has 0 spiro atoms. The van der Waals surface area contributed by atoms with Crippen LogP contribution in [0.1, 0.15) is 47.2 Å². The lowest BCUT2D eigenvalue weighted by atomic mass is 9.91. The zero-order valence-corrected chi connectivity index (χ0v) is 15.9. The molecule has 1 aliphatic rings. The Labute approximate surface area is 161 Å². The van der Waals surface area contributed by atoms with Crippen molar-refractivity contribution in [3.8, 4) is 5.75 Å². The molecule has 26 heavy (non-hydrogen) atoms. The van der Waals surface area contributed by atoms with Crippen molar-refractivity contribution in [2.75, 3.05) is 0 Å². The molecule has 4 nitrogen and oxygen atoms in total. The Morgan fingerprint density at radius 3 is 2.46 bits per heavy atom. The van der Waals surface area contributed by atoms with E-state index in [1.807, 2.05) is 42.5 Å². The van der Waals surface area contributed by atoms with Gasteiger partial charge in [0.25, 0.3) is 5.91 Å². The molecule has 2 aromatic rings. The van der Waals surface area contributed by atoms with Gasteiger partial charge in [-0.3, -0.25) is 4.79 Å². The Balaban J connectivity index is 0.00000243. The fourth-order valence-corrected chi connectivity index (χ4v) is 3.23. The first kappa shape index (κ1) is 20.3. The average Bonchev–Trinajstić information content (AvgIpc) is 2.63. The minimum absolute atomic E-state index is 0. The summed E-state index contributed by atoms with van der Waals surface area (Å²) >= 11 is 0. The van der Waals surface area contributed by atoms with Gasteiger partial charge in [-0.1, -0.05) is 36.4 Å². The van der Waals surface area contributed by atoms with Crippen LogP contribution in [0.25, 0.3) is 0 Å². The van der Waals surface area contributed by atoms with Crippen LogP contribution in [0.4, 0.5) is 0 Å². The number of para-hydroxylation sites is 1. The Hall–Kier alpha value is -2.04. The summed E-state index contributed by atoms with van der Waals surface area (Å²) in [6.07, 6.45) is 3.82. The molecule has 1 amide bonds. The van der Waals surface area contributed by atoms with Crippen LogP contribution in [-0.4, -0.2) is 18.0 Å². The number of ether oxygens (including phenoxy) is 1. The largest absolute Gasteiger partial charge is 0.488 e. The quantitative estimate of drug-likeness (QED) is 0.831. The molecule has 3 N–H and O–H groups in total. The fourth-order valence-electron chi connectivity index (χ4n) is 3.23. The van der Waals surface area contributed by atoms with Crippen LogP contribution in [0.2, 0.25) is 0 Å². The summed E-state index contributed by atoms with van der Waals surface area (Å²) in [7, 11) is 0. The van der Waals surface area contributed by atoms with Crippen molar-refractivity contribution in [3.63, 3.8) is 0 Å². The number of carbonyl (C=O) groups is 1. The highest BCUT2D eigenvalue weighted by Gasteiger charge is 2.22. The predicted molar refractivity (Wildman–Crippen MR) is 107 cm³/mol. The van der Waals surface area contributed by atoms with E-state index in [1.165, 1.54) is 5.56 Å². The van der Waals surface area contributed by atoms with E-state index in [0.29, 0.717) is 17.9 Å². The molecule has 0 unspecified atom stereocenters. The van der Waals surface area contributed by atoms with Crippen molar-refractivity contribution in [2.45, 2.75) is 51.3 Å². The van der Waals surface area contributed by atoms with Crippen molar-refractivity contribution in [3.05, 3.63) is 65.2 Å². The topological polar surface area (TPSA) is 64.3 Å². The van der Waals surface area contributed by atoms with Gasteiger partial charge in [-0.25, -0.2) is 0 Å². The maximum absolute atomic E-state index is 12.7. The lowest BCUT2D eigenvalue weighted by molar-refractivity contribution is 0.0921. The van der Waals surface area contributed by atoms with Crippen molar-refractivity contribution in [1.29, 1.82) is 0 Å². The van der Waals surface area contributed by atoms with Crippen molar-refractivity contribution >= 4 is 18.3 Å². The zero-order chi connectivity index (χ0) is 17.6. The van der Waals surface area contributed by atoms with Gasteiger partial charge in [-0.05, 0) is 55.9 Å². The standard InChI is InChI=1S/C21H26N2O2.ClH/c1-15-6-2-3-7-16(15)14-25-20-9-5-4-8-19(20)21(24)23-18-12-10-17(22)11-13-18;/h2-9,17-18H,10-14,22H2,1H3,(H,23,24);1H. The van der Waals surface area contributed by atoms with Crippen molar-refractivity contribution in [1.82, 2.24) is 5.32 Å². The Bertz CT molecular complexity index is 727. The molecule has 1 aliphatic carbocycles. The first-order chi connectivity index (χ1) is 12.1. The van der Waals surface area contributed by atoms with Gasteiger partial charge in [0.05, 0.1) is 5.56 Å². The van der Waals surface area contributed by atoms with Crippen LogP contribution < -0.4 is 15.8 Å². The van der Waals surface area contributed by atoms with E-state index in [4.69, 9.17) is 10.5 Å². The third-order valence-corrected chi connectivity index (χ3v) is 4.88. The van der Waals surface area contributed by atoms with Crippen LogP contribution in [0.15, 0.2) is 48.5 Å². The first-order valence-electron chi connectivity index (χ1n) is 8.96. The van der Waals surface area contributed by atoms with Crippen LogP contribution in [0, 0.1) is 6.92 Å². The molecule has 0 bridgehead atoms. The summed E-state index contributed by atoms with van der Waals surface area (Å²) in [5.74, 6) is 0.552. The highest BCUT2D eigenvalue weighted by atomic mass is 35.5. The zero-order valence-electron chi connectivity index (χ0n) is 15.1. The monoisotopic (exact) mass is 374 g/mol. The summed E-state index contributed by atoms with van der Waals surface area (Å²) in [5.41, 5.74) is 8.83. The van der Waals surface area contributed by atoms with Crippen LogP contribution in [0.3, 0.4) is 0 Å². The van der Waals surface area contributed by atoms with Gasteiger partial charge in [-0.15, -0.1) is 12.4 Å². The molecule has 5 heteroatoms. The smallest absolute Gasteiger partial charge is 0.255 e. The average molecular weight is 375 g/mol. The summed E-state index contributed by atoms with van der Waals surface area (Å²) in [4.78, 5) is 12.7. The number of nitrogens with two attached hydrogens (primary N) is 1. The second-order valence-electron chi connectivity index (χ2n) is 6.80. The highest BCUT2D eigenvalue weighted by molar-refractivity contribution is 5.97. The van der Waals surface area contributed by atoms with E-state index in [2.05, 4.69) is 18.3 Å². The number of aryl methyl sites for hydroxylation is 1. The first-order valence-corrected chi connectivity index (χ1v) is 8.96. The third-order valence-electron chi connectivity index (χ3n) is 4.88. The van der Waals surface area contributed by atoms with Crippen LogP contribution >= 0.6 is 12.4 Å². The fraction of sp³-hybridized carbons (Fsp3) is 0.381. The predicted octanol–water partition coefficient (Wildman–Crippen LogP) is 4.00. The van der Waals surface area contributed by atoms with Gasteiger partial charge in [0.15, 0.2) is 0 Å². The molecule has 1 saturated carbocycles. The molecular weight excluding hydrogens is 348 g/mol. The van der Waals surface area contributed by atoms with Crippen LogP contribution in [0.5, 0.6) is 5.75 Å². The number of nitrogens with one attached hydrogen (secondary N) is 1. The van der Waals surface area contributed by atoms with Crippen molar-refractivity contribution < 1.29 is 9.53 Å². The maximum atomic E-state index is 12.7. The van der Waals surface area contributed by atoms with E-state index in [9.17, 15) is 4.79 Å². The van der Waals surface area contributed by atoms with E-state index in [0.717, 1.165) is 31.2 Å². The molecule has 0 radical (unpaired) electrons. The second kappa shape index (κ2) is 9.60. The lowest BCUT2D eigenvalue weighted by Crippen LogP contribution is -2.40. The van der Waals surface area contributed by atoms with Gasteiger partial charge in [-0.2, -0.15) is 0 Å². The molecule has 0 aliphatic heterocycles. The minimum atomic E-state index is -0.0687. The Morgan fingerprint density at radius 1 is 1.08 bits per heavy atom. The number of hydrogen-bond acceptors (Lipinski definition) is 3. The minimum Gasteiger partial charge on any atom is -0.488 e. The lowest BCUT2D eigenvalue weighted by Gasteiger charge is -2.27. The molecule has 2 aromatic carbocycles. The van der Waals surface area contributed by atoms with E-state index in [1.54, 1.807) is 0 Å². The molecule has 0 heterocycles. The molecule has 1 fully saturated rings. The maximum Gasteiger partial charge on any atom is 0.255 e. The number of hydrogen-bond donors (Lipinski definition) is 2. The van der Waals surface area contributed by atoms with Gasteiger partial charge >= 0.3 is 0 Å². The summed E-state index contributed by atoms with van der Waals surface area (Å²) in [5, 5.41) is 3.13. The SMILES string of the molecule is Cc1ccccc1COc1ccccc1C(=O)NC1CCC(N)CC1.Cl. The number of benzene rings is 2. The summed E-state index contributed by atoms with van der Waals surface area (Å²) < 4.78 is 5.95. The highest BCUT2D eigenvalue weighted by Crippen LogP contribution is 2.22. The van der Waals surface area contributed by atoms with Gasteiger partial charge in [0.2, 0.25) is 0 Å². The second-order valence-corrected chi connectivity index (χ2v) is 6.80. The number of rotatable bonds is 5. The van der Waals surface area contributed by atoms with Gasteiger partial charge in [0, 0.05) is 12.1 Å². The molecular formula is C21H27ClN2O2. The summed E-state index contributed by atoms with van der Waals surface area (Å²) in [6.45, 7) is 2.51. The van der Waals surface area contributed by atoms with Gasteiger partial charge in [0.1, 0.15) is 12.4 Å². The van der Waals surface area contributed by atoms with E-state index >= 15 is 0 Å². The molecule has 0 atom stereocenters. The number of carbonyl (C=O) groups excluding carboxylic acids is 1. The van der Waals surface area contributed by atoms with Crippen LogP contribution in [-0.2, 0) is 6.61 Å². The van der Waals surface area contributed by atoms with E-state index < -0.39 is 0 Å². The molecule has 0 aromatic heterocycles. The number of amides is 1. The normalized spacial score (nSPS) is 19.3. The van der Waals surface area contributed by atoms with Gasteiger partial charge < -0.3 is 15.8 Å². The third kappa shape index (κ3) is 5.23.